The normalized spacial score (nSPS) is 15.1. The monoisotopic (exact) mass is 342 g/mol. The average Bonchev–Trinajstić information content (AvgIpc) is 2.49. The molecule has 0 atom stereocenters. The van der Waals surface area contributed by atoms with Crippen LogP contribution in [-0.2, 0) is 0 Å². The minimum atomic E-state index is 0.0218. The van der Waals surface area contributed by atoms with Gasteiger partial charge in [0.1, 0.15) is 0 Å². The highest BCUT2D eigenvalue weighted by atomic mass is 79.9. The van der Waals surface area contributed by atoms with E-state index in [2.05, 4.69) is 21.2 Å². The number of rotatable bonds is 4. The molecule has 110 valence electrons. The van der Waals surface area contributed by atoms with Gasteiger partial charge in [-0.25, -0.2) is 0 Å². The Balaban J connectivity index is 2.27. The summed E-state index contributed by atoms with van der Waals surface area (Å²) in [6.07, 6.45) is 0. The molecule has 0 saturated carbocycles. The van der Waals surface area contributed by atoms with Gasteiger partial charge in [0.25, 0.3) is 5.91 Å². The number of carbonyl (C=O) groups is 1. The minimum absolute atomic E-state index is 0.0218. The van der Waals surface area contributed by atoms with Crippen molar-refractivity contribution in [3.8, 4) is 11.5 Å². The molecule has 1 aliphatic heterocycles. The summed E-state index contributed by atoms with van der Waals surface area (Å²) in [5.41, 5.74) is 0.610. The summed E-state index contributed by atoms with van der Waals surface area (Å²) >= 11 is 3.44. The lowest BCUT2D eigenvalue weighted by Crippen LogP contribution is -2.46. The molecule has 0 unspecified atom stereocenters. The molecule has 1 N–H and O–H groups in total. The molecule has 1 aromatic rings. The third-order valence-corrected chi connectivity index (χ3v) is 3.76. The quantitative estimate of drug-likeness (QED) is 0.907. The first kappa shape index (κ1) is 15.1. The second-order valence-corrected chi connectivity index (χ2v) is 5.32. The van der Waals surface area contributed by atoms with Crippen LogP contribution in [0.15, 0.2) is 16.6 Å². The number of hydrogen-bond acceptors (Lipinski definition) is 4. The summed E-state index contributed by atoms with van der Waals surface area (Å²) < 4.78 is 11.6. The second-order valence-electron chi connectivity index (χ2n) is 4.46. The first-order valence-electron chi connectivity index (χ1n) is 6.67. The number of carbonyl (C=O) groups excluding carboxylic acids is 1. The lowest BCUT2D eigenvalue weighted by Gasteiger charge is -2.27. The molecule has 1 heterocycles. The maximum atomic E-state index is 12.5. The summed E-state index contributed by atoms with van der Waals surface area (Å²) in [4.78, 5) is 14.3. The van der Waals surface area contributed by atoms with Gasteiger partial charge in [0.2, 0.25) is 0 Å². The summed E-state index contributed by atoms with van der Waals surface area (Å²) in [6, 6.07) is 3.53. The fourth-order valence-electron chi connectivity index (χ4n) is 2.18. The van der Waals surface area contributed by atoms with Crippen LogP contribution < -0.4 is 14.8 Å². The van der Waals surface area contributed by atoms with Gasteiger partial charge in [-0.1, -0.05) is 0 Å². The smallest absolute Gasteiger partial charge is 0.254 e. The van der Waals surface area contributed by atoms with Gasteiger partial charge in [-0.15, -0.1) is 0 Å². The number of nitrogens with one attached hydrogen (secondary N) is 1. The van der Waals surface area contributed by atoms with Crippen LogP contribution in [0.1, 0.15) is 17.3 Å². The zero-order valence-electron chi connectivity index (χ0n) is 11.7. The summed E-state index contributed by atoms with van der Waals surface area (Å²) in [5.74, 6) is 1.22. The van der Waals surface area contributed by atoms with Crippen molar-refractivity contribution in [3.05, 3.63) is 22.2 Å². The van der Waals surface area contributed by atoms with Crippen molar-refractivity contribution in [3.63, 3.8) is 0 Å². The van der Waals surface area contributed by atoms with Crippen LogP contribution in [0, 0.1) is 0 Å². The minimum Gasteiger partial charge on any atom is -0.493 e. The predicted octanol–water partition coefficient (Wildman–Crippen LogP) is 1.90. The molecule has 0 aromatic heterocycles. The highest BCUT2D eigenvalue weighted by Crippen LogP contribution is 2.36. The molecule has 0 aliphatic carbocycles. The molecule has 1 amide bonds. The second kappa shape index (κ2) is 6.95. The Kier molecular flexibility index (Phi) is 5.25. The number of piperazine rings is 1. The Labute approximate surface area is 127 Å². The molecule has 1 aromatic carbocycles. The molecule has 2 rings (SSSR count). The SMILES string of the molecule is CCOc1c(Br)cc(C(=O)N2CCNCC2)cc1OC. The largest absolute Gasteiger partial charge is 0.493 e. The average molecular weight is 343 g/mol. The Morgan fingerprint density at radius 2 is 2.10 bits per heavy atom. The van der Waals surface area contributed by atoms with Crippen LogP contribution in [0.5, 0.6) is 11.5 Å². The van der Waals surface area contributed by atoms with Gasteiger partial charge in [0.05, 0.1) is 18.2 Å². The van der Waals surface area contributed by atoms with E-state index in [9.17, 15) is 4.79 Å². The van der Waals surface area contributed by atoms with Gasteiger partial charge in [0.15, 0.2) is 11.5 Å². The fourth-order valence-corrected chi connectivity index (χ4v) is 2.73. The van der Waals surface area contributed by atoms with Gasteiger partial charge in [-0.2, -0.15) is 0 Å². The highest BCUT2D eigenvalue weighted by Gasteiger charge is 2.21. The van der Waals surface area contributed by atoms with E-state index < -0.39 is 0 Å². The zero-order valence-corrected chi connectivity index (χ0v) is 13.3. The van der Waals surface area contributed by atoms with E-state index in [0.29, 0.717) is 23.7 Å². The summed E-state index contributed by atoms with van der Waals surface area (Å²) in [7, 11) is 1.57. The van der Waals surface area contributed by atoms with Crippen molar-refractivity contribution in [1.82, 2.24) is 10.2 Å². The molecule has 1 aliphatic rings. The standard InChI is InChI=1S/C14H19BrN2O3/c1-3-20-13-11(15)8-10(9-12(13)19-2)14(18)17-6-4-16-5-7-17/h8-9,16H,3-7H2,1-2H3. The van der Waals surface area contributed by atoms with E-state index in [0.717, 1.165) is 30.7 Å². The number of ether oxygens (including phenoxy) is 2. The molecule has 1 fully saturated rings. The first-order chi connectivity index (χ1) is 9.67. The van der Waals surface area contributed by atoms with Gasteiger partial charge in [-0.3, -0.25) is 4.79 Å². The predicted molar refractivity (Wildman–Crippen MR) is 80.6 cm³/mol. The lowest BCUT2D eigenvalue weighted by atomic mass is 10.1. The number of halogens is 1. The Hall–Kier alpha value is -1.27. The van der Waals surface area contributed by atoms with E-state index in [1.54, 1.807) is 19.2 Å². The molecule has 0 radical (unpaired) electrons. The van der Waals surface area contributed by atoms with E-state index >= 15 is 0 Å². The topological polar surface area (TPSA) is 50.8 Å². The molecule has 6 heteroatoms. The van der Waals surface area contributed by atoms with Gasteiger partial charge in [-0.05, 0) is 35.0 Å². The molecular weight excluding hydrogens is 324 g/mol. The fraction of sp³-hybridized carbons (Fsp3) is 0.500. The van der Waals surface area contributed by atoms with E-state index in [4.69, 9.17) is 9.47 Å². The maximum Gasteiger partial charge on any atom is 0.254 e. The number of nitrogens with zero attached hydrogens (tertiary/aromatic N) is 1. The molecule has 5 nitrogen and oxygen atoms in total. The number of benzene rings is 1. The van der Waals surface area contributed by atoms with Crippen molar-refractivity contribution in [1.29, 1.82) is 0 Å². The van der Waals surface area contributed by atoms with Crippen molar-refractivity contribution in [2.75, 3.05) is 39.9 Å². The van der Waals surface area contributed by atoms with Crippen LogP contribution in [0.4, 0.5) is 0 Å². The van der Waals surface area contributed by atoms with Gasteiger partial charge in [0, 0.05) is 31.7 Å². The van der Waals surface area contributed by atoms with Crippen LogP contribution in [0.3, 0.4) is 0 Å². The Bertz CT molecular complexity index is 488. The van der Waals surface area contributed by atoms with Crippen LogP contribution in [0.2, 0.25) is 0 Å². The third-order valence-electron chi connectivity index (χ3n) is 3.17. The first-order valence-corrected chi connectivity index (χ1v) is 7.47. The third kappa shape index (κ3) is 3.24. The van der Waals surface area contributed by atoms with Crippen molar-refractivity contribution < 1.29 is 14.3 Å². The summed E-state index contributed by atoms with van der Waals surface area (Å²) in [5, 5.41) is 3.23. The summed E-state index contributed by atoms with van der Waals surface area (Å²) in [6.45, 7) is 5.58. The van der Waals surface area contributed by atoms with Crippen molar-refractivity contribution in [2.45, 2.75) is 6.92 Å². The molecule has 0 bridgehead atoms. The van der Waals surface area contributed by atoms with Crippen molar-refractivity contribution in [2.24, 2.45) is 0 Å². The van der Waals surface area contributed by atoms with E-state index in [1.807, 2.05) is 11.8 Å². The van der Waals surface area contributed by atoms with Crippen molar-refractivity contribution >= 4 is 21.8 Å². The lowest BCUT2D eigenvalue weighted by molar-refractivity contribution is 0.0735. The number of hydrogen-bond donors (Lipinski definition) is 1. The molecule has 1 saturated heterocycles. The molecular formula is C14H19BrN2O3. The number of methoxy groups -OCH3 is 1. The number of amides is 1. The van der Waals surface area contributed by atoms with Gasteiger partial charge < -0.3 is 19.7 Å². The highest BCUT2D eigenvalue weighted by molar-refractivity contribution is 9.10. The Morgan fingerprint density at radius 3 is 2.70 bits per heavy atom. The van der Waals surface area contributed by atoms with E-state index in [1.165, 1.54) is 0 Å². The molecule has 20 heavy (non-hydrogen) atoms. The maximum absolute atomic E-state index is 12.5. The Morgan fingerprint density at radius 1 is 1.40 bits per heavy atom. The van der Waals surface area contributed by atoms with Crippen LogP contribution >= 0.6 is 15.9 Å². The van der Waals surface area contributed by atoms with Crippen LogP contribution in [-0.4, -0.2) is 50.7 Å². The zero-order chi connectivity index (χ0) is 14.5. The molecule has 0 spiro atoms. The van der Waals surface area contributed by atoms with E-state index in [-0.39, 0.29) is 5.91 Å². The van der Waals surface area contributed by atoms with Gasteiger partial charge >= 0.3 is 0 Å². The van der Waals surface area contributed by atoms with Crippen LogP contribution in [0.25, 0.3) is 0 Å².